The molecule has 0 bridgehead atoms. The zero-order chi connectivity index (χ0) is 16.5. The molecular formula is C19H22ClN3O. The number of anilines is 1. The summed E-state index contributed by atoms with van der Waals surface area (Å²) in [5.74, 6) is 6.99. The van der Waals surface area contributed by atoms with E-state index in [-0.39, 0.29) is 0 Å². The van der Waals surface area contributed by atoms with Gasteiger partial charge in [-0.25, -0.2) is 5.01 Å². The van der Waals surface area contributed by atoms with Gasteiger partial charge in [-0.05, 0) is 53.8 Å². The Morgan fingerprint density at radius 1 is 1.00 bits per heavy atom. The highest BCUT2D eigenvalue weighted by Gasteiger charge is 2.22. The van der Waals surface area contributed by atoms with Crippen LogP contribution in [0.2, 0.25) is 5.02 Å². The van der Waals surface area contributed by atoms with Crippen LogP contribution >= 0.6 is 11.6 Å². The van der Waals surface area contributed by atoms with Crippen LogP contribution in [0.1, 0.15) is 16.7 Å². The zero-order valence-electron chi connectivity index (χ0n) is 13.7. The van der Waals surface area contributed by atoms with Gasteiger partial charge in [-0.2, -0.15) is 0 Å². The third-order valence-electron chi connectivity index (χ3n) is 4.86. The van der Waals surface area contributed by atoms with Gasteiger partial charge in [0.05, 0.1) is 12.2 Å². The van der Waals surface area contributed by atoms with Crippen LogP contribution in [0.25, 0.3) is 0 Å². The highest BCUT2D eigenvalue weighted by Crippen LogP contribution is 2.36. The normalized spacial score (nSPS) is 17.7. The third-order valence-corrected chi connectivity index (χ3v) is 5.12. The number of hydrogen-bond donors (Lipinski definition) is 1. The molecule has 2 aliphatic heterocycles. The summed E-state index contributed by atoms with van der Waals surface area (Å²) in [6, 6.07) is 12.6. The minimum atomic E-state index is 0.725. The van der Waals surface area contributed by atoms with Crippen LogP contribution < -0.4 is 15.5 Å². The predicted octanol–water partition coefficient (Wildman–Crippen LogP) is 3.01. The Bertz CT molecular complexity index is 732. The summed E-state index contributed by atoms with van der Waals surface area (Å²) in [5.41, 5.74) is 5.22. The first-order valence-corrected chi connectivity index (χ1v) is 8.84. The monoisotopic (exact) mass is 343 g/mol. The van der Waals surface area contributed by atoms with Crippen molar-refractivity contribution in [2.24, 2.45) is 5.84 Å². The maximum Gasteiger partial charge on any atom is 0.142 e. The van der Waals surface area contributed by atoms with Crippen molar-refractivity contribution in [3.8, 4) is 5.75 Å². The number of nitrogens with zero attached hydrogens (tertiary/aromatic N) is 2. The van der Waals surface area contributed by atoms with Crippen molar-refractivity contribution in [2.75, 3.05) is 31.1 Å². The van der Waals surface area contributed by atoms with Gasteiger partial charge >= 0.3 is 0 Å². The van der Waals surface area contributed by atoms with E-state index in [4.69, 9.17) is 22.2 Å². The van der Waals surface area contributed by atoms with Crippen molar-refractivity contribution in [2.45, 2.75) is 19.4 Å². The fourth-order valence-electron chi connectivity index (χ4n) is 3.48. The van der Waals surface area contributed by atoms with Crippen molar-refractivity contribution in [1.82, 2.24) is 5.01 Å². The van der Waals surface area contributed by atoms with E-state index in [2.05, 4.69) is 29.2 Å². The molecular weight excluding hydrogens is 322 g/mol. The Morgan fingerprint density at radius 2 is 1.71 bits per heavy atom. The van der Waals surface area contributed by atoms with E-state index < -0.39 is 0 Å². The average Bonchev–Trinajstić information content (AvgIpc) is 2.77. The van der Waals surface area contributed by atoms with Crippen LogP contribution in [0, 0.1) is 0 Å². The van der Waals surface area contributed by atoms with Crippen molar-refractivity contribution in [1.29, 1.82) is 0 Å². The molecule has 0 saturated heterocycles. The number of fused-ring (bicyclic) bond motifs is 2. The Morgan fingerprint density at radius 3 is 2.46 bits per heavy atom. The van der Waals surface area contributed by atoms with Gasteiger partial charge in [0.1, 0.15) is 12.4 Å². The molecule has 0 aliphatic carbocycles. The Hall–Kier alpha value is -1.75. The summed E-state index contributed by atoms with van der Waals surface area (Å²) in [6.45, 7) is 4.30. The van der Waals surface area contributed by atoms with Crippen LogP contribution in [-0.2, 0) is 19.4 Å². The van der Waals surface area contributed by atoms with Gasteiger partial charge in [-0.3, -0.25) is 5.84 Å². The summed E-state index contributed by atoms with van der Waals surface area (Å²) in [7, 11) is 0. The van der Waals surface area contributed by atoms with Gasteiger partial charge in [0, 0.05) is 24.7 Å². The lowest BCUT2D eigenvalue weighted by Gasteiger charge is -2.32. The molecule has 126 valence electrons. The van der Waals surface area contributed by atoms with Gasteiger partial charge in [0.15, 0.2) is 0 Å². The molecule has 0 radical (unpaired) electrons. The van der Waals surface area contributed by atoms with Crippen LogP contribution in [0.15, 0.2) is 36.4 Å². The minimum Gasteiger partial charge on any atom is -0.490 e. The summed E-state index contributed by atoms with van der Waals surface area (Å²) < 4.78 is 5.94. The first-order chi connectivity index (χ1) is 11.7. The van der Waals surface area contributed by atoms with Gasteiger partial charge in [-0.1, -0.05) is 23.7 Å². The van der Waals surface area contributed by atoms with Crippen molar-refractivity contribution in [3.05, 3.63) is 58.1 Å². The van der Waals surface area contributed by atoms with E-state index in [1.54, 1.807) is 0 Å². The van der Waals surface area contributed by atoms with Crippen molar-refractivity contribution in [3.63, 3.8) is 0 Å². The van der Waals surface area contributed by atoms with Gasteiger partial charge in [0.25, 0.3) is 0 Å². The fourth-order valence-corrected chi connectivity index (χ4v) is 3.61. The molecule has 2 heterocycles. The van der Waals surface area contributed by atoms with Crippen LogP contribution in [0.3, 0.4) is 0 Å². The van der Waals surface area contributed by atoms with Gasteiger partial charge in [-0.15, -0.1) is 0 Å². The van der Waals surface area contributed by atoms with E-state index in [0.717, 1.165) is 56.4 Å². The molecule has 2 aliphatic rings. The zero-order valence-corrected chi connectivity index (χ0v) is 14.4. The molecule has 0 saturated carbocycles. The predicted molar refractivity (Wildman–Crippen MR) is 97.6 cm³/mol. The smallest absolute Gasteiger partial charge is 0.142 e. The third kappa shape index (κ3) is 3.22. The Labute approximate surface area is 147 Å². The van der Waals surface area contributed by atoms with E-state index in [1.165, 1.54) is 22.4 Å². The quantitative estimate of drug-likeness (QED) is 0.851. The number of nitrogens with two attached hydrogens (primary N) is 1. The second-order valence-corrected chi connectivity index (χ2v) is 6.96. The number of benzene rings is 2. The van der Waals surface area contributed by atoms with Gasteiger partial charge < -0.3 is 9.64 Å². The van der Waals surface area contributed by atoms with Crippen LogP contribution in [0.5, 0.6) is 5.75 Å². The van der Waals surface area contributed by atoms with E-state index in [9.17, 15) is 0 Å². The molecule has 0 aromatic heterocycles. The fraction of sp³-hybridized carbons (Fsp3) is 0.368. The first-order valence-electron chi connectivity index (χ1n) is 8.47. The highest BCUT2D eigenvalue weighted by molar-refractivity contribution is 6.30. The molecule has 4 rings (SSSR count). The number of rotatable bonds is 2. The molecule has 5 heteroatoms. The SMILES string of the molecule is NN1CCc2cc3c(cc2CC1)N(Cc1ccc(Cl)cc1)CCO3. The summed E-state index contributed by atoms with van der Waals surface area (Å²) in [6.07, 6.45) is 1.98. The molecule has 0 atom stereocenters. The minimum absolute atomic E-state index is 0.725. The Kier molecular flexibility index (Phi) is 4.35. The van der Waals surface area contributed by atoms with Crippen LogP contribution in [-0.4, -0.2) is 31.3 Å². The average molecular weight is 344 g/mol. The molecule has 2 N–H and O–H groups in total. The first kappa shape index (κ1) is 15.8. The molecule has 0 fully saturated rings. The lowest BCUT2D eigenvalue weighted by molar-refractivity contribution is 0.298. The largest absolute Gasteiger partial charge is 0.490 e. The van der Waals surface area contributed by atoms with E-state index in [0.29, 0.717) is 0 Å². The standard InChI is InChI=1S/C19H22ClN3O/c20-17-3-1-14(2-4-17)13-22-9-10-24-19-12-16-6-8-23(21)7-5-15(16)11-18(19)22/h1-4,11-12H,5-10,13,21H2. The van der Waals surface area contributed by atoms with Crippen LogP contribution in [0.4, 0.5) is 5.69 Å². The molecule has 2 aromatic carbocycles. The van der Waals surface area contributed by atoms with E-state index in [1.807, 2.05) is 17.1 Å². The summed E-state index contributed by atoms with van der Waals surface area (Å²) in [4.78, 5) is 2.40. The molecule has 0 unspecified atom stereocenters. The maximum atomic E-state index is 5.99. The summed E-state index contributed by atoms with van der Waals surface area (Å²) in [5, 5.41) is 2.68. The molecule has 24 heavy (non-hydrogen) atoms. The number of hydrogen-bond acceptors (Lipinski definition) is 4. The molecule has 0 spiro atoms. The lowest BCUT2D eigenvalue weighted by atomic mass is 10.00. The van der Waals surface area contributed by atoms with Gasteiger partial charge in [0.2, 0.25) is 0 Å². The second kappa shape index (κ2) is 6.63. The molecule has 2 aromatic rings. The molecule has 0 amide bonds. The second-order valence-electron chi connectivity index (χ2n) is 6.52. The number of halogens is 1. The maximum absolute atomic E-state index is 5.99. The Balaban J connectivity index is 1.63. The molecule has 4 nitrogen and oxygen atoms in total. The lowest BCUT2D eigenvalue weighted by Crippen LogP contribution is -2.33. The number of ether oxygens (including phenoxy) is 1. The van der Waals surface area contributed by atoms with E-state index >= 15 is 0 Å². The number of hydrazine groups is 1. The highest BCUT2D eigenvalue weighted by atomic mass is 35.5. The topological polar surface area (TPSA) is 41.7 Å². The summed E-state index contributed by atoms with van der Waals surface area (Å²) >= 11 is 5.99. The van der Waals surface area contributed by atoms with Crippen molar-refractivity contribution >= 4 is 17.3 Å². The van der Waals surface area contributed by atoms with Crippen molar-refractivity contribution < 1.29 is 4.74 Å².